The number of hydrogen-bond acceptors (Lipinski definition) is 2. The summed E-state index contributed by atoms with van der Waals surface area (Å²) in [6.07, 6.45) is 0. The Morgan fingerprint density at radius 1 is 1.73 bits per heavy atom. The molecule has 0 N–H and O–H groups in total. The van der Waals surface area contributed by atoms with Gasteiger partial charge in [-0.25, -0.2) is 0 Å². The summed E-state index contributed by atoms with van der Waals surface area (Å²) in [5, 5.41) is 10.4. The van der Waals surface area contributed by atoms with Crippen LogP contribution in [0.15, 0.2) is 12.1 Å². The molecule has 0 aliphatic rings. The van der Waals surface area contributed by atoms with E-state index in [1.807, 2.05) is 0 Å². The quantitative estimate of drug-likeness (QED) is 0.480. The largest absolute Gasteiger partial charge is 0.288 e. The van der Waals surface area contributed by atoms with Gasteiger partial charge < -0.3 is 0 Å². The lowest BCUT2D eigenvalue weighted by atomic mass is 10.2. The third-order valence-corrected chi connectivity index (χ3v) is 1.52. The van der Waals surface area contributed by atoms with Crippen LogP contribution in [-0.2, 0) is 0 Å². The topological polar surface area (TPSA) is 43.1 Å². The SMILES string of the molecule is Cc1[c]cc([N+](=O)[O-])c(Cl)c1. The number of hydrogen-bond donors (Lipinski definition) is 0. The number of nitro groups is 1. The Bertz CT molecular complexity index is 298. The zero-order valence-electron chi connectivity index (χ0n) is 5.80. The summed E-state index contributed by atoms with van der Waals surface area (Å²) in [5.74, 6) is 0. The van der Waals surface area contributed by atoms with Crippen molar-refractivity contribution in [3.63, 3.8) is 0 Å². The highest BCUT2D eigenvalue weighted by atomic mass is 35.5. The third-order valence-electron chi connectivity index (χ3n) is 1.22. The molecule has 1 rings (SSSR count). The van der Waals surface area contributed by atoms with Gasteiger partial charge in [-0.05, 0) is 24.6 Å². The van der Waals surface area contributed by atoms with Gasteiger partial charge in [0, 0.05) is 6.07 Å². The first kappa shape index (κ1) is 8.01. The molecule has 1 aromatic rings. The van der Waals surface area contributed by atoms with Gasteiger partial charge in [-0.1, -0.05) is 11.6 Å². The van der Waals surface area contributed by atoms with Crippen LogP contribution >= 0.6 is 11.6 Å². The van der Waals surface area contributed by atoms with Gasteiger partial charge in [0.25, 0.3) is 5.69 Å². The molecule has 11 heavy (non-hydrogen) atoms. The Balaban J connectivity index is 3.20. The number of benzene rings is 1. The second kappa shape index (κ2) is 2.88. The van der Waals surface area contributed by atoms with Crippen molar-refractivity contribution in [1.29, 1.82) is 0 Å². The van der Waals surface area contributed by atoms with Crippen molar-refractivity contribution in [2.75, 3.05) is 0 Å². The third kappa shape index (κ3) is 1.68. The predicted molar refractivity (Wildman–Crippen MR) is 41.7 cm³/mol. The van der Waals surface area contributed by atoms with Gasteiger partial charge in [0.05, 0.1) is 4.92 Å². The van der Waals surface area contributed by atoms with Crippen LogP contribution < -0.4 is 0 Å². The number of rotatable bonds is 1. The van der Waals surface area contributed by atoms with Crippen molar-refractivity contribution < 1.29 is 4.92 Å². The smallest absolute Gasteiger partial charge is 0.258 e. The normalized spacial score (nSPS) is 9.64. The number of nitrogens with zero attached hydrogens (tertiary/aromatic N) is 1. The molecule has 1 radical (unpaired) electrons. The molecule has 0 spiro atoms. The van der Waals surface area contributed by atoms with E-state index in [1.165, 1.54) is 12.1 Å². The first-order valence-electron chi connectivity index (χ1n) is 2.93. The van der Waals surface area contributed by atoms with Gasteiger partial charge in [-0.3, -0.25) is 10.1 Å². The molecule has 3 nitrogen and oxygen atoms in total. The Kier molecular flexibility index (Phi) is 2.10. The van der Waals surface area contributed by atoms with Gasteiger partial charge in [0.15, 0.2) is 0 Å². The van der Waals surface area contributed by atoms with Gasteiger partial charge in [0.2, 0.25) is 0 Å². The lowest BCUT2D eigenvalue weighted by molar-refractivity contribution is -0.384. The second-order valence-corrected chi connectivity index (χ2v) is 2.51. The Hall–Kier alpha value is -1.09. The zero-order chi connectivity index (χ0) is 8.43. The van der Waals surface area contributed by atoms with Crippen LogP contribution in [0.1, 0.15) is 5.56 Å². The summed E-state index contributed by atoms with van der Waals surface area (Å²) in [5.41, 5.74) is 0.692. The molecule has 0 bridgehead atoms. The number of nitro benzene ring substituents is 1. The fourth-order valence-electron chi connectivity index (χ4n) is 0.697. The van der Waals surface area contributed by atoms with E-state index < -0.39 is 4.92 Å². The maximum Gasteiger partial charge on any atom is 0.288 e. The highest BCUT2D eigenvalue weighted by Crippen LogP contribution is 2.23. The van der Waals surface area contributed by atoms with E-state index in [1.54, 1.807) is 6.92 Å². The molecule has 0 unspecified atom stereocenters. The summed E-state index contributed by atoms with van der Waals surface area (Å²) in [6.45, 7) is 1.77. The van der Waals surface area contributed by atoms with Crippen LogP contribution in [0.25, 0.3) is 0 Å². The van der Waals surface area contributed by atoms with Crippen molar-refractivity contribution in [2.45, 2.75) is 6.92 Å². The molecule has 0 aliphatic heterocycles. The first-order valence-corrected chi connectivity index (χ1v) is 3.31. The molecule has 0 amide bonds. The van der Waals surface area contributed by atoms with Crippen LogP contribution in [-0.4, -0.2) is 4.92 Å². The summed E-state index contributed by atoms with van der Waals surface area (Å²) < 4.78 is 0. The average Bonchev–Trinajstić information content (AvgIpc) is 1.85. The standard InChI is InChI=1S/C7H5ClNO2/c1-5-2-3-7(9(10)11)6(8)4-5/h3-4H,1H3. The van der Waals surface area contributed by atoms with Gasteiger partial charge in [-0.15, -0.1) is 0 Å². The lowest BCUT2D eigenvalue weighted by Gasteiger charge is -1.94. The fourth-order valence-corrected chi connectivity index (χ4v) is 0.984. The zero-order valence-corrected chi connectivity index (χ0v) is 6.55. The van der Waals surface area contributed by atoms with E-state index in [0.717, 1.165) is 5.56 Å². The molecule has 57 valence electrons. The average molecular weight is 171 g/mol. The molecule has 0 saturated heterocycles. The minimum Gasteiger partial charge on any atom is -0.258 e. The van der Waals surface area contributed by atoms with Crippen LogP contribution in [0, 0.1) is 23.1 Å². The summed E-state index contributed by atoms with van der Waals surface area (Å²) in [4.78, 5) is 9.70. The molecule has 0 aliphatic carbocycles. The predicted octanol–water partition coefficient (Wildman–Crippen LogP) is 2.36. The van der Waals surface area contributed by atoms with Crippen molar-refractivity contribution in [3.8, 4) is 0 Å². The minimum atomic E-state index is -0.529. The maximum atomic E-state index is 10.2. The first-order chi connectivity index (χ1) is 5.11. The second-order valence-electron chi connectivity index (χ2n) is 2.11. The lowest BCUT2D eigenvalue weighted by Crippen LogP contribution is -1.88. The highest BCUT2D eigenvalue weighted by Gasteiger charge is 2.10. The van der Waals surface area contributed by atoms with E-state index >= 15 is 0 Å². The van der Waals surface area contributed by atoms with Crippen LogP contribution in [0.4, 0.5) is 5.69 Å². The van der Waals surface area contributed by atoms with Gasteiger partial charge in [0.1, 0.15) is 5.02 Å². The van der Waals surface area contributed by atoms with E-state index in [2.05, 4.69) is 6.07 Å². The van der Waals surface area contributed by atoms with Crippen molar-refractivity contribution in [3.05, 3.63) is 38.9 Å². The van der Waals surface area contributed by atoms with Crippen LogP contribution in [0.2, 0.25) is 5.02 Å². The number of halogens is 1. The van der Waals surface area contributed by atoms with E-state index in [9.17, 15) is 10.1 Å². The molecule has 1 aromatic carbocycles. The Labute approximate surface area is 68.8 Å². The molecule has 0 saturated carbocycles. The maximum absolute atomic E-state index is 10.2. The van der Waals surface area contributed by atoms with Gasteiger partial charge in [-0.2, -0.15) is 0 Å². The molecule has 0 fully saturated rings. The van der Waals surface area contributed by atoms with E-state index in [0.29, 0.717) is 0 Å². The highest BCUT2D eigenvalue weighted by molar-refractivity contribution is 6.32. The van der Waals surface area contributed by atoms with Crippen molar-refractivity contribution >= 4 is 17.3 Å². The molecular formula is C7H5ClNO2. The van der Waals surface area contributed by atoms with Gasteiger partial charge >= 0.3 is 0 Å². The molecule has 0 aromatic heterocycles. The van der Waals surface area contributed by atoms with Crippen molar-refractivity contribution in [2.24, 2.45) is 0 Å². The molecular weight excluding hydrogens is 166 g/mol. The summed E-state index contributed by atoms with van der Waals surface area (Å²) in [7, 11) is 0. The Morgan fingerprint density at radius 2 is 2.36 bits per heavy atom. The van der Waals surface area contributed by atoms with E-state index in [4.69, 9.17) is 11.6 Å². The molecule has 0 atom stereocenters. The van der Waals surface area contributed by atoms with Crippen molar-refractivity contribution in [1.82, 2.24) is 0 Å². The van der Waals surface area contributed by atoms with Crippen LogP contribution in [0.5, 0.6) is 0 Å². The van der Waals surface area contributed by atoms with Crippen LogP contribution in [0.3, 0.4) is 0 Å². The summed E-state index contributed by atoms with van der Waals surface area (Å²) in [6, 6.07) is 5.48. The monoisotopic (exact) mass is 170 g/mol. The Morgan fingerprint density at radius 3 is 2.82 bits per heavy atom. The fraction of sp³-hybridized carbons (Fsp3) is 0.143. The summed E-state index contributed by atoms with van der Waals surface area (Å²) >= 11 is 5.56. The number of aryl methyl sites for hydroxylation is 1. The van der Waals surface area contributed by atoms with E-state index in [-0.39, 0.29) is 10.7 Å². The molecule has 0 heterocycles. The minimum absolute atomic E-state index is 0.0998. The molecule has 4 heteroatoms.